The predicted octanol–water partition coefficient (Wildman–Crippen LogP) is 4.16. The van der Waals surface area contributed by atoms with Gasteiger partial charge in [0.2, 0.25) is 0 Å². The lowest BCUT2D eigenvalue weighted by molar-refractivity contribution is -0.119. The molecule has 0 saturated heterocycles. The van der Waals surface area contributed by atoms with E-state index < -0.39 is 34.3 Å². The minimum atomic E-state index is -4.29. The Kier molecular flexibility index (Phi) is 8.44. The number of sulfonamides is 1. The summed E-state index contributed by atoms with van der Waals surface area (Å²) in [6, 6.07) is 23.8. The molecule has 1 aliphatic rings. The van der Waals surface area contributed by atoms with Gasteiger partial charge in [-0.3, -0.25) is 9.10 Å². The van der Waals surface area contributed by atoms with E-state index in [-0.39, 0.29) is 22.9 Å². The number of ether oxygens (including phenoxy) is 3. The first-order valence-electron chi connectivity index (χ1n) is 12.7. The number of benzene rings is 4. The van der Waals surface area contributed by atoms with Crippen molar-refractivity contribution in [2.75, 3.05) is 24.1 Å². The van der Waals surface area contributed by atoms with Crippen LogP contribution in [0.15, 0.2) is 107 Å². The molecule has 5 rings (SSSR count). The van der Waals surface area contributed by atoms with Crippen LogP contribution in [0.5, 0.6) is 17.2 Å². The number of amides is 1. The number of hydrogen-bond donors (Lipinski definition) is 1. The van der Waals surface area contributed by atoms with Crippen molar-refractivity contribution in [2.24, 2.45) is 5.10 Å². The molecule has 0 fully saturated rings. The number of halogens is 1. The summed E-state index contributed by atoms with van der Waals surface area (Å²) in [5.74, 6) is -0.819. The third-order valence-corrected chi connectivity index (χ3v) is 7.78. The maximum absolute atomic E-state index is 13.6. The van der Waals surface area contributed by atoms with Gasteiger partial charge in [0.05, 0.1) is 22.4 Å². The van der Waals surface area contributed by atoms with Crippen LogP contribution in [0.4, 0.5) is 10.1 Å². The number of nitrogens with one attached hydrogen (secondary N) is 1. The number of esters is 1. The van der Waals surface area contributed by atoms with Gasteiger partial charge in [-0.05, 0) is 78.4 Å². The van der Waals surface area contributed by atoms with Gasteiger partial charge < -0.3 is 14.2 Å². The molecule has 1 N–H and O–H groups in total. The number of anilines is 1. The number of hydrogen-bond acceptors (Lipinski definition) is 8. The summed E-state index contributed by atoms with van der Waals surface area (Å²) >= 11 is 0. The highest BCUT2D eigenvalue weighted by molar-refractivity contribution is 7.92. The third kappa shape index (κ3) is 6.73. The Balaban J connectivity index is 1.27. The van der Waals surface area contributed by atoms with Gasteiger partial charge in [0, 0.05) is 6.07 Å². The van der Waals surface area contributed by atoms with Crippen LogP contribution in [0.1, 0.15) is 15.9 Å². The lowest BCUT2D eigenvalue weighted by Crippen LogP contribution is -2.39. The van der Waals surface area contributed by atoms with Gasteiger partial charge in [0.15, 0.2) is 11.5 Å². The molecule has 4 aromatic rings. The average Bonchev–Trinajstić information content (AvgIpc) is 3.01. The van der Waals surface area contributed by atoms with E-state index >= 15 is 0 Å². The molecule has 0 aromatic heterocycles. The molecule has 0 spiro atoms. The van der Waals surface area contributed by atoms with E-state index in [1.54, 1.807) is 54.6 Å². The zero-order chi connectivity index (χ0) is 29.5. The number of nitrogens with zero attached hydrogens (tertiary/aromatic N) is 2. The number of hydrazone groups is 1. The molecule has 1 amide bonds. The van der Waals surface area contributed by atoms with Gasteiger partial charge in [-0.25, -0.2) is 23.0 Å². The first-order chi connectivity index (χ1) is 20.3. The van der Waals surface area contributed by atoms with Crippen molar-refractivity contribution in [3.05, 3.63) is 114 Å². The second-order valence-electron chi connectivity index (χ2n) is 8.91. The summed E-state index contributed by atoms with van der Waals surface area (Å²) in [6.07, 6.45) is 1.35. The highest BCUT2D eigenvalue weighted by atomic mass is 32.2. The van der Waals surface area contributed by atoms with Crippen molar-refractivity contribution in [3.8, 4) is 17.2 Å². The van der Waals surface area contributed by atoms with Crippen LogP contribution in [0.2, 0.25) is 0 Å². The van der Waals surface area contributed by atoms with E-state index in [0.717, 1.165) is 16.4 Å². The molecule has 0 bridgehead atoms. The van der Waals surface area contributed by atoms with Crippen molar-refractivity contribution in [1.29, 1.82) is 0 Å². The molecule has 0 atom stereocenters. The number of fused-ring (bicyclic) bond motifs is 1. The number of carbonyl (C=O) groups is 2. The van der Waals surface area contributed by atoms with Gasteiger partial charge in [-0.15, -0.1) is 0 Å². The first-order valence-corrected chi connectivity index (χ1v) is 14.1. The SMILES string of the molecule is O=C(CN(c1ccc(F)cc1)S(=O)(=O)c1ccc2c(c1)OCCO2)N/N=C\c1ccc(OC(=O)c2ccccc2)cc1. The molecule has 12 heteroatoms. The Bertz CT molecular complexity index is 1710. The molecule has 10 nitrogen and oxygen atoms in total. The monoisotopic (exact) mass is 589 g/mol. The number of carbonyl (C=O) groups excluding carboxylic acids is 2. The highest BCUT2D eigenvalue weighted by Gasteiger charge is 2.29. The number of rotatable bonds is 9. The van der Waals surface area contributed by atoms with Crippen LogP contribution in [-0.2, 0) is 14.8 Å². The van der Waals surface area contributed by atoms with Gasteiger partial charge in [-0.2, -0.15) is 5.10 Å². The zero-order valence-corrected chi connectivity index (χ0v) is 22.8. The Morgan fingerprint density at radius 1 is 0.905 bits per heavy atom. The maximum Gasteiger partial charge on any atom is 0.343 e. The summed E-state index contributed by atoms with van der Waals surface area (Å²) < 4.78 is 58.0. The summed E-state index contributed by atoms with van der Waals surface area (Å²) in [7, 11) is -4.29. The van der Waals surface area contributed by atoms with Crippen LogP contribution < -0.4 is 23.9 Å². The lowest BCUT2D eigenvalue weighted by Gasteiger charge is -2.25. The topological polar surface area (TPSA) is 124 Å². The standard InChI is InChI=1S/C30H24FN3O7S/c31-23-8-10-24(11-9-23)34(42(37,38)26-14-15-27-28(18-26)40-17-16-39-27)20-29(35)33-32-19-21-6-12-25(13-7-21)41-30(36)22-4-2-1-3-5-22/h1-15,18-19H,16-17,20H2,(H,33,35)/b32-19-. The third-order valence-electron chi connectivity index (χ3n) is 6.01. The van der Waals surface area contributed by atoms with Gasteiger partial charge >= 0.3 is 5.97 Å². The second-order valence-corrected chi connectivity index (χ2v) is 10.8. The fourth-order valence-electron chi connectivity index (χ4n) is 3.94. The molecule has 0 saturated carbocycles. The molecular formula is C30H24FN3O7S. The Hall–Kier alpha value is -5.23. The van der Waals surface area contributed by atoms with E-state index in [1.165, 1.54) is 36.5 Å². The predicted molar refractivity (Wildman–Crippen MR) is 152 cm³/mol. The summed E-state index contributed by atoms with van der Waals surface area (Å²) in [5, 5.41) is 3.90. The Morgan fingerprint density at radius 3 is 2.31 bits per heavy atom. The normalized spacial score (nSPS) is 12.5. The van der Waals surface area contributed by atoms with E-state index in [0.29, 0.717) is 29.2 Å². The minimum Gasteiger partial charge on any atom is -0.486 e. The van der Waals surface area contributed by atoms with E-state index in [4.69, 9.17) is 14.2 Å². The summed E-state index contributed by atoms with van der Waals surface area (Å²) in [4.78, 5) is 24.9. The van der Waals surface area contributed by atoms with Gasteiger partial charge in [0.1, 0.15) is 31.3 Å². The second kappa shape index (κ2) is 12.5. The molecule has 4 aromatic carbocycles. The molecule has 0 aliphatic carbocycles. The van der Waals surface area contributed by atoms with Gasteiger partial charge in [-0.1, -0.05) is 18.2 Å². The van der Waals surface area contributed by atoms with E-state index in [9.17, 15) is 22.4 Å². The van der Waals surface area contributed by atoms with Crippen LogP contribution in [0.3, 0.4) is 0 Å². The fraction of sp³-hybridized carbons (Fsp3) is 0.100. The Labute approximate surface area is 241 Å². The van der Waals surface area contributed by atoms with Crippen molar-refractivity contribution in [1.82, 2.24) is 5.43 Å². The molecular weight excluding hydrogens is 565 g/mol. The summed E-state index contributed by atoms with van der Waals surface area (Å²) in [5.41, 5.74) is 3.37. The smallest absolute Gasteiger partial charge is 0.343 e. The van der Waals surface area contributed by atoms with Crippen LogP contribution in [0, 0.1) is 5.82 Å². The van der Waals surface area contributed by atoms with E-state index in [2.05, 4.69) is 10.5 Å². The van der Waals surface area contributed by atoms with Crippen LogP contribution in [0.25, 0.3) is 0 Å². The quantitative estimate of drug-likeness (QED) is 0.135. The first kappa shape index (κ1) is 28.3. The molecule has 42 heavy (non-hydrogen) atoms. The highest BCUT2D eigenvalue weighted by Crippen LogP contribution is 2.34. The fourth-order valence-corrected chi connectivity index (χ4v) is 5.38. The summed E-state index contributed by atoms with van der Waals surface area (Å²) in [6.45, 7) is -0.0401. The maximum atomic E-state index is 13.6. The van der Waals surface area contributed by atoms with Crippen molar-refractivity contribution in [3.63, 3.8) is 0 Å². The average molecular weight is 590 g/mol. The minimum absolute atomic E-state index is 0.0751. The molecule has 0 unspecified atom stereocenters. The molecule has 214 valence electrons. The Morgan fingerprint density at radius 2 is 1.60 bits per heavy atom. The van der Waals surface area contributed by atoms with Crippen LogP contribution >= 0.6 is 0 Å². The van der Waals surface area contributed by atoms with Crippen molar-refractivity contribution < 1.29 is 36.6 Å². The molecule has 1 aliphatic heterocycles. The zero-order valence-electron chi connectivity index (χ0n) is 22.0. The van der Waals surface area contributed by atoms with Crippen molar-refractivity contribution in [2.45, 2.75) is 4.90 Å². The largest absolute Gasteiger partial charge is 0.486 e. The van der Waals surface area contributed by atoms with Gasteiger partial charge in [0.25, 0.3) is 15.9 Å². The van der Waals surface area contributed by atoms with Crippen LogP contribution in [-0.4, -0.2) is 46.3 Å². The molecule has 0 radical (unpaired) electrons. The molecule has 1 heterocycles. The lowest BCUT2D eigenvalue weighted by atomic mass is 10.2. The van der Waals surface area contributed by atoms with Crippen molar-refractivity contribution >= 4 is 33.8 Å². The van der Waals surface area contributed by atoms with E-state index in [1.807, 2.05) is 0 Å².